The highest BCUT2D eigenvalue weighted by Gasteiger charge is 2.12. The van der Waals surface area contributed by atoms with Gasteiger partial charge in [-0.2, -0.15) is 5.26 Å². The second-order valence-electron chi connectivity index (χ2n) is 4.06. The smallest absolute Gasteiger partial charge is 0.259 e. The van der Waals surface area contributed by atoms with Gasteiger partial charge in [0.15, 0.2) is 0 Å². The lowest BCUT2D eigenvalue weighted by Crippen LogP contribution is -2.11. The molecule has 1 N–H and O–H groups in total. The molecule has 94 valence electrons. The molecule has 2 rings (SSSR count). The Labute approximate surface area is 113 Å². The van der Waals surface area contributed by atoms with E-state index in [4.69, 9.17) is 5.26 Å². The van der Waals surface area contributed by atoms with Crippen molar-refractivity contribution < 1.29 is 0 Å². The van der Waals surface area contributed by atoms with E-state index in [0.717, 1.165) is 15.3 Å². The Balaban J connectivity index is 2.38. The van der Waals surface area contributed by atoms with Gasteiger partial charge in [0.25, 0.3) is 5.56 Å². The molecular weight excluding hydrogens is 266 g/mol. The van der Waals surface area contributed by atoms with Gasteiger partial charge in [-0.15, -0.1) is 23.1 Å². The van der Waals surface area contributed by atoms with E-state index in [0.29, 0.717) is 17.0 Å². The molecule has 0 saturated carbocycles. The van der Waals surface area contributed by atoms with Crippen LogP contribution in [0.25, 0.3) is 10.2 Å². The Morgan fingerprint density at radius 2 is 2.28 bits per heavy atom. The summed E-state index contributed by atoms with van der Waals surface area (Å²) in [4.78, 5) is 21.1. The number of aromatic nitrogens is 2. The number of aromatic amines is 1. The second kappa shape index (κ2) is 5.12. The van der Waals surface area contributed by atoms with Gasteiger partial charge in [0, 0.05) is 4.88 Å². The van der Waals surface area contributed by atoms with Crippen LogP contribution in [-0.4, -0.2) is 15.2 Å². The maximum absolute atomic E-state index is 12.0. The zero-order valence-electron chi connectivity index (χ0n) is 10.4. The molecule has 0 fully saturated rings. The molecule has 0 aliphatic carbocycles. The molecule has 4 nitrogen and oxygen atoms in total. The van der Waals surface area contributed by atoms with Crippen molar-refractivity contribution in [1.82, 2.24) is 9.97 Å². The van der Waals surface area contributed by atoms with E-state index < -0.39 is 0 Å². The molecule has 0 radical (unpaired) electrons. The number of hydrogen-bond acceptors (Lipinski definition) is 5. The van der Waals surface area contributed by atoms with E-state index in [-0.39, 0.29) is 10.8 Å². The highest BCUT2D eigenvalue weighted by molar-refractivity contribution is 7.99. The number of fused-ring (bicyclic) bond motifs is 1. The first-order valence-corrected chi connectivity index (χ1v) is 7.39. The van der Waals surface area contributed by atoms with Crippen LogP contribution in [0.2, 0.25) is 0 Å². The molecule has 0 amide bonds. The topological polar surface area (TPSA) is 69.5 Å². The fourth-order valence-corrected chi connectivity index (χ4v) is 3.28. The van der Waals surface area contributed by atoms with Crippen molar-refractivity contribution in [2.24, 2.45) is 0 Å². The first-order valence-electron chi connectivity index (χ1n) is 5.53. The van der Waals surface area contributed by atoms with Gasteiger partial charge in [-0.25, -0.2) is 4.98 Å². The maximum Gasteiger partial charge on any atom is 0.259 e. The van der Waals surface area contributed by atoms with Gasteiger partial charge in [0.1, 0.15) is 10.7 Å². The Hall–Kier alpha value is -1.32. The number of nitriles is 1. The highest BCUT2D eigenvalue weighted by Crippen LogP contribution is 2.26. The summed E-state index contributed by atoms with van der Waals surface area (Å²) in [6.45, 7) is 5.77. The average molecular weight is 279 g/mol. The zero-order valence-corrected chi connectivity index (χ0v) is 12.0. The van der Waals surface area contributed by atoms with E-state index in [1.165, 1.54) is 11.8 Å². The zero-order chi connectivity index (χ0) is 13.3. The number of H-pyrrole nitrogens is 1. The lowest BCUT2D eigenvalue weighted by molar-refractivity contribution is 1.04. The van der Waals surface area contributed by atoms with Crippen LogP contribution in [0.5, 0.6) is 0 Å². The summed E-state index contributed by atoms with van der Waals surface area (Å²) in [6, 6.07) is 2.15. The summed E-state index contributed by atoms with van der Waals surface area (Å²) in [5, 5.41) is 9.31. The van der Waals surface area contributed by atoms with Gasteiger partial charge in [-0.05, 0) is 26.3 Å². The second-order valence-corrected chi connectivity index (χ2v) is 6.59. The van der Waals surface area contributed by atoms with Crippen molar-refractivity contribution in [1.29, 1.82) is 5.26 Å². The predicted molar refractivity (Wildman–Crippen MR) is 76.1 cm³/mol. The minimum atomic E-state index is -0.0993. The van der Waals surface area contributed by atoms with Crippen LogP contribution < -0.4 is 5.56 Å². The van der Waals surface area contributed by atoms with Gasteiger partial charge in [-0.3, -0.25) is 4.79 Å². The fourth-order valence-electron chi connectivity index (χ4n) is 1.61. The fraction of sp³-hybridized carbons (Fsp3) is 0.417. The minimum Gasteiger partial charge on any atom is -0.309 e. The Morgan fingerprint density at radius 1 is 1.56 bits per heavy atom. The molecular formula is C12H13N3OS2. The van der Waals surface area contributed by atoms with Crippen molar-refractivity contribution in [3.63, 3.8) is 0 Å². The molecule has 0 aliphatic heterocycles. The number of thiophene rings is 1. The predicted octanol–water partition coefficient (Wildman–Crippen LogP) is 2.75. The van der Waals surface area contributed by atoms with Gasteiger partial charge in [0.05, 0.1) is 22.5 Å². The van der Waals surface area contributed by atoms with E-state index >= 15 is 0 Å². The van der Waals surface area contributed by atoms with E-state index in [9.17, 15) is 4.79 Å². The number of rotatable bonds is 3. The quantitative estimate of drug-likeness (QED) is 0.938. The molecule has 18 heavy (non-hydrogen) atoms. The van der Waals surface area contributed by atoms with E-state index in [1.807, 2.05) is 20.8 Å². The third kappa shape index (κ3) is 2.42. The highest BCUT2D eigenvalue weighted by atomic mass is 32.2. The molecule has 6 heteroatoms. The number of aryl methyl sites for hydroxylation is 2. The van der Waals surface area contributed by atoms with Crippen LogP contribution in [-0.2, 0) is 5.75 Å². The summed E-state index contributed by atoms with van der Waals surface area (Å²) in [7, 11) is 0. The van der Waals surface area contributed by atoms with Gasteiger partial charge >= 0.3 is 0 Å². The van der Waals surface area contributed by atoms with Crippen LogP contribution in [0.15, 0.2) is 4.79 Å². The van der Waals surface area contributed by atoms with Crippen LogP contribution in [0, 0.1) is 25.2 Å². The van der Waals surface area contributed by atoms with E-state index in [1.54, 1.807) is 11.3 Å². The van der Waals surface area contributed by atoms with Crippen LogP contribution in [0.4, 0.5) is 0 Å². The number of nitrogens with zero attached hydrogens (tertiary/aromatic N) is 2. The average Bonchev–Trinajstić information content (AvgIpc) is 2.62. The third-order valence-electron chi connectivity index (χ3n) is 2.74. The summed E-state index contributed by atoms with van der Waals surface area (Å²) in [5.41, 5.74) is 0.926. The first-order chi connectivity index (χ1) is 8.52. The SMILES string of the molecule is Cc1sc2nc(CS[C@H](C)C#N)[nH]c(=O)c2c1C. The van der Waals surface area contributed by atoms with Crippen LogP contribution >= 0.6 is 23.1 Å². The van der Waals surface area contributed by atoms with Crippen molar-refractivity contribution in [3.05, 3.63) is 26.6 Å². The summed E-state index contributed by atoms with van der Waals surface area (Å²) in [6.07, 6.45) is 0. The Bertz CT molecular complexity index is 681. The molecule has 2 aromatic rings. The van der Waals surface area contributed by atoms with Crippen molar-refractivity contribution >= 4 is 33.3 Å². The molecule has 1 atom stereocenters. The molecule has 0 spiro atoms. The van der Waals surface area contributed by atoms with Crippen molar-refractivity contribution in [2.75, 3.05) is 0 Å². The maximum atomic E-state index is 12.0. The number of nitrogens with one attached hydrogen (secondary N) is 1. The van der Waals surface area contributed by atoms with Crippen molar-refractivity contribution in [3.8, 4) is 6.07 Å². The monoisotopic (exact) mass is 279 g/mol. The number of thioether (sulfide) groups is 1. The van der Waals surface area contributed by atoms with Crippen LogP contribution in [0.3, 0.4) is 0 Å². The summed E-state index contributed by atoms with van der Waals surface area (Å²) < 4.78 is 0. The minimum absolute atomic E-state index is 0.0814. The molecule has 0 aromatic carbocycles. The normalized spacial score (nSPS) is 12.6. The van der Waals surface area contributed by atoms with Gasteiger partial charge in [-0.1, -0.05) is 0 Å². The Kier molecular flexibility index (Phi) is 3.73. The van der Waals surface area contributed by atoms with Crippen molar-refractivity contribution in [2.45, 2.75) is 31.8 Å². The molecule has 0 unspecified atom stereocenters. The lowest BCUT2D eigenvalue weighted by Gasteiger charge is -2.02. The molecule has 0 bridgehead atoms. The molecule has 0 saturated heterocycles. The molecule has 0 aliphatic rings. The van der Waals surface area contributed by atoms with E-state index in [2.05, 4.69) is 16.0 Å². The van der Waals surface area contributed by atoms with Crippen LogP contribution in [0.1, 0.15) is 23.2 Å². The summed E-state index contributed by atoms with van der Waals surface area (Å²) in [5.74, 6) is 1.19. The van der Waals surface area contributed by atoms with Gasteiger partial charge in [0.2, 0.25) is 0 Å². The molecule has 2 aromatic heterocycles. The third-order valence-corrected chi connectivity index (χ3v) is 4.89. The first kappa shape index (κ1) is 13.1. The number of hydrogen-bond donors (Lipinski definition) is 1. The Morgan fingerprint density at radius 3 is 2.94 bits per heavy atom. The lowest BCUT2D eigenvalue weighted by atomic mass is 10.2. The summed E-state index contributed by atoms with van der Waals surface area (Å²) >= 11 is 3.01. The largest absolute Gasteiger partial charge is 0.309 e. The standard InChI is InChI=1S/C12H13N3OS2/c1-6(4-13)17-5-9-14-11(16)10-7(2)8(3)18-12(10)15-9/h6H,5H2,1-3H3,(H,14,15,16)/t6-/m1/s1. The molecule has 2 heterocycles. The van der Waals surface area contributed by atoms with Gasteiger partial charge < -0.3 is 4.98 Å².